The molecule has 0 saturated carbocycles. The lowest BCUT2D eigenvalue weighted by atomic mass is 9.76. The van der Waals surface area contributed by atoms with Crippen LogP contribution >= 0.6 is 0 Å². The van der Waals surface area contributed by atoms with Crippen LogP contribution in [-0.2, 0) is 4.79 Å². The topological polar surface area (TPSA) is 138 Å². The average Bonchev–Trinajstić information content (AvgIpc) is 3.39. The third kappa shape index (κ3) is 5.73. The molecule has 222 valence electrons. The smallest absolute Gasteiger partial charge is 0.429 e. The maximum atomic E-state index is 14.2. The molecule has 6 rings (SSSR count). The molecule has 2 aromatic carbocycles. The van der Waals surface area contributed by atoms with E-state index in [0.29, 0.717) is 31.9 Å². The third-order valence-corrected chi connectivity index (χ3v) is 8.37. The highest BCUT2D eigenvalue weighted by atomic mass is 19.4. The van der Waals surface area contributed by atoms with Crippen LogP contribution in [0.15, 0.2) is 48.5 Å². The van der Waals surface area contributed by atoms with Crippen LogP contribution in [-0.4, -0.2) is 66.0 Å². The normalized spacial score (nSPS) is 20.4. The van der Waals surface area contributed by atoms with E-state index in [9.17, 15) is 23.1 Å². The van der Waals surface area contributed by atoms with E-state index in [0.717, 1.165) is 48.4 Å². The molecule has 1 spiro atoms. The van der Waals surface area contributed by atoms with Gasteiger partial charge in [-0.3, -0.25) is 4.79 Å². The van der Waals surface area contributed by atoms with E-state index < -0.39 is 24.3 Å². The molecule has 2 fully saturated rings. The number of nitrogens with zero attached hydrogens (tertiary/aromatic N) is 3. The van der Waals surface area contributed by atoms with Crippen LogP contribution in [0.3, 0.4) is 0 Å². The number of anilines is 4. The summed E-state index contributed by atoms with van der Waals surface area (Å²) in [4.78, 5) is 21.5. The number of carboxylic acids is 1. The van der Waals surface area contributed by atoms with Gasteiger partial charge in [-0.15, -0.1) is 0 Å². The quantitative estimate of drug-likeness (QED) is 0.286. The van der Waals surface area contributed by atoms with Crippen LogP contribution in [0.25, 0.3) is 11.1 Å². The number of aromatic nitrogens is 2. The Morgan fingerprint density at radius 3 is 2.38 bits per heavy atom. The maximum Gasteiger partial charge on any atom is 0.429 e. The predicted molar refractivity (Wildman–Crippen MR) is 153 cm³/mol. The Morgan fingerprint density at radius 1 is 1.02 bits per heavy atom. The van der Waals surface area contributed by atoms with Crippen LogP contribution in [0.4, 0.5) is 36.3 Å². The van der Waals surface area contributed by atoms with Gasteiger partial charge < -0.3 is 36.4 Å². The molecule has 0 aliphatic carbocycles. The van der Waals surface area contributed by atoms with Crippen LogP contribution in [0, 0.1) is 5.41 Å². The van der Waals surface area contributed by atoms with Crippen LogP contribution in [0.2, 0.25) is 0 Å². The second kappa shape index (κ2) is 10.9. The number of nitrogen functional groups attached to an aromatic ring is 1. The fourth-order valence-electron chi connectivity index (χ4n) is 6.05. The van der Waals surface area contributed by atoms with E-state index in [1.54, 1.807) is 12.1 Å². The number of hydrogen-bond acceptors (Lipinski definition) is 9. The van der Waals surface area contributed by atoms with Crippen molar-refractivity contribution < 1.29 is 27.8 Å². The molecule has 3 aromatic rings. The SMILES string of the molecule is Nc1nc(O[C@H](c2ccc(-c3ccc4c(c3)NCCN4)cc2)C(F)(F)F)cc(N2CCC3(CC2)CN[C@H](C(=O)O)C3)n1. The number of nitrogens with two attached hydrogens (primary N) is 1. The van der Waals surface area contributed by atoms with Gasteiger partial charge in [-0.25, -0.2) is 0 Å². The van der Waals surface area contributed by atoms with E-state index in [-0.39, 0.29) is 22.8 Å². The van der Waals surface area contributed by atoms with E-state index in [1.807, 2.05) is 23.1 Å². The van der Waals surface area contributed by atoms with Gasteiger partial charge in [0, 0.05) is 44.4 Å². The Labute approximate surface area is 240 Å². The van der Waals surface area contributed by atoms with Gasteiger partial charge in [0.2, 0.25) is 17.9 Å². The first kappa shape index (κ1) is 27.9. The van der Waals surface area contributed by atoms with E-state index >= 15 is 0 Å². The Hall–Kier alpha value is -4.26. The Bertz CT molecular complexity index is 1460. The number of nitrogens with one attached hydrogen (secondary N) is 3. The highest BCUT2D eigenvalue weighted by Gasteiger charge is 2.45. The molecule has 0 radical (unpaired) electrons. The molecule has 13 heteroatoms. The Balaban J connectivity index is 1.18. The fourth-order valence-corrected chi connectivity index (χ4v) is 6.05. The van der Waals surface area contributed by atoms with Crippen molar-refractivity contribution in [1.29, 1.82) is 0 Å². The second-order valence-electron chi connectivity index (χ2n) is 11.2. The van der Waals surface area contributed by atoms with Gasteiger partial charge in [0.15, 0.2) is 0 Å². The first-order chi connectivity index (χ1) is 20.1. The third-order valence-electron chi connectivity index (χ3n) is 8.37. The zero-order chi connectivity index (χ0) is 29.5. The molecule has 6 N–H and O–H groups in total. The van der Waals surface area contributed by atoms with Crippen molar-refractivity contribution in [3.63, 3.8) is 0 Å². The minimum Gasteiger partial charge on any atom is -0.480 e. The molecule has 10 nitrogen and oxygen atoms in total. The second-order valence-corrected chi connectivity index (χ2v) is 11.2. The molecule has 3 aliphatic heterocycles. The lowest BCUT2D eigenvalue weighted by Gasteiger charge is -2.39. The Kier molecular flexibility index (Phi) is 7.21. The Morgan fingerprint density at radius 2 is 1.71 bits per heavy atom. The van der Waals surface area contributed by atoms with Gasteiger partial charge in [-0.2, -0.15) is 23.1 Å². The molecule has 4 heterocycles. The number of benzene rings is 2. The molecule has 2 atom stereocenters. The summed E-state index contributed by atoms with van der Waals surface area (Å²) < 4.78 is 48.2. The monoisotopic (exact) mass is 583 g/mol. The van der Waals surface area contributed by atoms with Gasteiger partial charge in [-0.05, 0) is 47.9 Å². The van der Waals surface area contributed by atoms with Crippen molar-refractivity contribution in [2.75, 3.05) is 54.0 Å². The lowest BCUT2D eigenvalue weighted by Crippen LogP contribution is -2.41. The number of carboxylic acid groups (broad SMARTS) is 1. The van der Waals surface area contributed by atoms with Gasteiger partial charge in [-0.1, -0.05) is 30.3 Å². The van der Waals surface area contributed by atoms with Gasteiger partial charge in [0.1, 0.15) is 11.9 Å². The summed E-state index contributed by atoms with van der Waals surface area (Å²) in [7, 11) is 0. The summed E-state index contributed by atoms with van der Waals surface area (Å²) in [5.74, 6) is -0.948. The number of carbonyl (C=O) groups is 1. The number of halogens is 3. The maximum absolute atomic E-state index is 14.2. The highest BCUT2D eigenvalue weighted by molar-refractivity contribution is 5.78. The molecule has 2 saturated heterocycles. The predicted octanol–water partition coefficient (Wildman–Crippen LogP) is 4.28. The number of alkyl halides is 3. The van der Waals surface area contributed by atoms with Crippen molar-refractivity contribution in [3.05, 3.63) is 54.1 Å². The molecule has 0 amide bonds. The summed E-state index contributed by atoms with van der Waals surface area (Å²) >= 11 is 0. The fraction of sp³-hybridized carbons (Fsp3) is 0.414. The minimum atomic E-state index is -4.71. The van der Waals surface area contributed by atoms with E-state index in [2.05, 4.69) is 25.9 Å². The van der Waals surface area contributed by atoms with E-state index in [1.165, 1.54) is 18.2 Å². The number of fused-ring (bicyclic) bond motifs is 1. The van der Waals surface area contributed by atoms with Crippen LogP contribution < -0.4 is 31.3 Å². The average molecular weight is 584 g/mol. The van der Waals surface area contributed by atoms with Crippen molar-refractivity contribution in [1.82, 2.24) is 15.3 Å². The van der Waals surface area contributed by atoms with Gasteiger partial charge in [0.25, 0.3) is 0 Å². The number of aliphatic carboxylic acids is 1. The number of ether oxygens (including phenoxy) is 1. The zero-order valence-corrected chi connectivity index (χ0v) is 22.7. The van der Waals surface area contributed by atoms with Crippen LogP contribution in [0.5, 0.6) is 5.88 Å². The molecule has 0 unspecified atom stereocenters. The molecular weight excluding hydrogens is 551 g/mol. The van der Waals surface area contributed by atoms with Gasteiger partial charge in [0.05, 0.1) is 11.4 Å². The summed E-state index contributed by atoms with van der Waals surface area (Å²) in [6.45, 7) is 3.35. The molecule has 3 aliphatic rings. The largest absolute Gasteiger partial charge is 0.480 e. The van der Waals surface area contributed by atoms with Crippen molar-refractivity contribution >= 4 is 29.1 Å². The van der Waals surface area contributed by atoms with E-state index in [4.69, 9.17) is 10.5 Å². The molecule has 1 aromatic heterocycles. The van der Waals surface area contributed by atoms with Crippen LogP contribution in [0.1, 0.15) is 30.9 Å². The molecule has 0 bridgehead atoms. The van der Waals surface area contributed by atoms with Crippen molar-refractivity contribution in [3.8, 4) is 17.0 Å². The van der Waals surface area contributed by atoms with Crippen molar-refractivity contribution in [2.24, 2.45) is 5.41 Å². The number of hydrogen-bond donors (Lipinski definition) is 5. The summed E-state index contributed by atoms with van der Waals surface area (Å²) in [6.07, 6.45) is -4.99. The van der Waals surface area contributed by atoms with Gasteiger partial charge >= 0.3 is 12.1 Å². The molecular formula is C29H32F3N7O3. The summed E-state index contributed by atoms with van der Waals surface area (Å²) in [5.41, 5.74) is 9.29. The highest BCUT2D eigenvalue weighted by Crippen LogP contribution is 2.42. The lowest BCUT2D eigenvalue weighted by molar-refractivity contribution is -0.198. The summed E-state index contributed by atoms with van der Waals surface area (Å²) in [6, 6.07) is 12.8. The summed E-state index contributed by atoms with van der Waals surface area (Å²) in [5, 5.41) is 19.0. The standard InChI is InChI=1S/C29H32F3N7O3/c30-29(31,32)25(18-3-1-17(2-4-18)19-5-6-20-21(13-19)35-10-9-34-20)42-24-14-23(37-27(33)38-24)39-11-7-28(8-12-39)15-22(26(40)41)36-16-28/h1-6,13-14,22,25,34-36H,7-12,15-16H2,(H,40,41)(H2,33,37,38)/t22-,25+/m0/s1. The number of rotatable bonds is 6. The first-order valence-corrected chi connectivity index (χ1v) is 13.9. The van der Waals surface area contributed by atoms with Crippen molar-refractivity contribution in [2.45, 2.75) is 37.6 Å². The first-order valence-electron chi connectivity index (χ1n) is 13.9. The minimum absolute atomic E-state index is 0.0654. The zero-order valence-electron chi connectivity index (χ0n) is 22.7. The molecule has 42 heavy (non-hydrogen) atoms. The number of piperidine rings is 1.